The Balaban J connectivity index is 2.40. The van der Waals surface area contributed by atoms with E-state index in [1.807, 2.05) is 13.8 Å². The third-order valence-electron chi connectivity index (χ3n) is 6.10. The normalized spacial score (nSPS) is 26.1. The average Bonchev–Trinajstić information content (AvgIpc) is 2.51. The molecule has 0 fully saturated rings. The quantitative estimate of drug-likeness (QED) is 0.533. The lowest BCUT2D eigenvalue weighted by molar-refractivity contribution is -0.117. The molecule has 0 heterocycles. The van der Waals surface area contributed by atoms with Gasteiger partial charge in [-0.3, -0.25) is 9.59 Å². The fourth-order valence-corrected chi connectivity index (χ4v) is 4.58. The van der Waals surface area contributed by atoms with Gasteiger partial charge in [-0.1, -0.05) is 26.3 Å². The summed E-state index contributed by atoms with van der Waals surface area (Å²) in [4.78, 5) is 25.3. The SMILES string of the molecule is CC1=C(C)C2CC(=O)c3c(O)c(C(C)C)c(O)c(O)c3C2(C)CC1=O. The van der Waals surface area contributed by atoms with Gasteiger partial charge in [-0.05, 0) is 31.3 Å². The van der Waals surface area contributed by atoms with Gasteiger partial charge in [-0.25, -0.2) is 0 Å². The molecule has 0 saturated heterocycles. The van der Waals surface area contributed by atoms with Crippen molar-refractivity contribution in [3.63, 3.8) is 0 Å². The molecule has 134 valence electrons. The molecule has 1 aromatic carbocycles. The van der Waals surface area contributed by atoms with Crippen LogP contribution in [0.15, 0.2) is 11.1 Å². The van der Waals surface area contributed by atoms with E-state index in [-0.39, 0.29) is 58.7 Å². The molecular formula is C20H24O5. The minimum Gasteiger partial charge on any atom is -0.507 e. The summed E-state index contributed by atoms with van der Waals surface area (Å²) in [7, 11) is 0. The van der Waals surface area contributed by atoms with Gasteiger partial charge < -0.3 is 15.3 Å². The Morgan fingerprint density at radius 3 is 2.16 bits per heavy atom. The first-order valence-corrected chi connectivity index (χ1v) is 8.57. The van der Waals surface area contributed by atoms with Crippen molar-refractivity contribution >= 4 is 11.6 Å². The van der Waals surface area contributed by atoms with Gasteiger partial charge in [0.15, 0.2) is 23.1 Å². The molecule has 1 aromatic rings. The second kappa shape index (κ2) is 5.35. The Morgan fingerprint density at radius 2 is 1.60 bits per heavy atom. The van der Waals surface area contributed by atoms with Crippen LogP contribution < -0.4 is 0 Å². The van der Waals surface area contributed by atoms with Crippen molar-refractivity contribution in [3.8, 4) is 17.2 Å². The molecule has 0 spiro atoms. The number of carbonyl (C=O) groups is 2. The Morgan fingerprint density at radius 1 is 1.00 bits per heavy atom. The molecule has 5 nitrogen and oxygen atoms in total. The van der Waals surface area contributed by atoms with Crippen LogP contribution in [0.2, 0.25) is 0 Å². The van der Waals surface area contributed by atoms with E-state index in [9.17, 15) is 24.9 Å². The molecule has 0 bridgehead atoms. The highest BCUT2D eigenvalue weighted by Gasteiger charge is 2.52. The summed E-state index contributed by atoms with van der Waals surface area (Å²) in [5, 5.41) is 31.9. The summed E-state index contributed by atoms with van der Waals surface area (Å²) in [6, 6.07) is 0. The van der Waals surface area contributed by atoms with Crippen LogP contribution in [-0.2, 0) is 10.2 Å². The zero-order valence-electron chi connectivity index (χ0n) is 15.2. The number of fused-ring (bicyclic) bond motifs is 3. The minimum atomic E-state index is -0.835. The first-order valence-electron chi connectivity index (χ1n) is 8.57. The predicted octanol–water partition coefficient (Wildman–Crippen LogP) is 3.70. The standard InChI is InChI=1S/C20H24O5/c1-8(2)14-17(23)15-12(21)6-11-9(3)10(4)13(22)7-20(11,5)16(15)19(25)18(14)24/h8,11,23-25H,6-7H2,1-5H3. The van der Waals surface area contributed by atoms with E-state index in [0.29, 0.717) is 5.57 Å². The molecule has 0 aromatic heterocycles. The van der Waals surface area contributed by atoms with E-state index in [1.54, 1.807) is 20.8 Å². The van der Waals surface area contributed by atoms with E-state index >= 15 is 0 Å². The van der Waals surface area contributed by atoms with E-state index in [1.165, 1.54) is 0 Å². The second-order valence-corrected chi connectivity index (χ2v) is 7.87. The van der Waals surface area contributed by atoms with E-state index in [4.69, 9.17) is 0 Å². The van der Waals surface area contributed by atoms with Crippen LogP contribution in [0.4, 0.5) is 0 Å². The smallest absolute Gasteiger partial charge is 0.167 e. The third kappa shape index (κ3) is 2.14. The summed E-state index contributed by atoms with van der Waals surface area (Å²) in [5.74, 6) is -1.89. The van der Waals surface area contributed by atoms with Gasteiger partial charge in [0, 0.05) is 29.4 Å². The van der Waals surface area contributed by atoms with Crippen LogP contribution >= 0.6 is 0 Å². The van der Waals surface area contributed by atoms with Gasteiger partial charge in [-0.2, -0.15) is 0 Å². The summed E-state index contributed by atoms with van der Waals surface area (Å²) in [5.41, 5.74) is 1.08. The molecule has 5 heteroatoms. The number of ketones is 2. The number of phenols is 3. The van der Waals surface area contributed by atoms with Gasteiger partial charge in [-0.15, -0.1) is 0 Å². The lowest BCUT2D eigenvalue weighted by atomic mass is 9.56. The topological polar surface area (TPSA) is 94.8 Å². The van der Waals surface area contributed by atoms with Gasteiger partial charge in [0.2, 0.25) is 0 Å². The number of phenolic OH excluding ortho intramolecular Hbond substituents is 3. The minimum absolute atomic E-state index is 0.0390. The van der Waals surface area contributed by atoms with Crippen molar-refractivity contribution < 1.29 is 24.9 Å². The molecule has 25 heavy (non-hydrogen) atoms. The number of carbonyl (C=O) groups excluding carboxylic acids is 2. The molecule has 0 saturated carbocycles. The van der Waals surface area contributed by atoms with Crippen molar-refractivity contribution in [1.82, 2.24) is 0 Å². The number of hydrogen-bond donors (Lipinski definition) is 3. The molecule has 2 unspecified atom stereocenters. The summed E-state index contributed by atoms with van der Waals surface area (Å²) >= 11 is 0. The van der Waals surface area contributed by atoms with Crippen molar-refractivity contribution in [2.75, 3.05) is 0 Å². The maximum absolute atomic E-state index is 12.8. The zero-order valence-corrected chi connectivity index (χ0v) is 15.2. The summed E-state index contributed by atoms with van der Waals surface area (Å²) in [6.45, 7) is 8.95. The van der Waals surface area contributed by atoms with Gasteiger partial charge in [0.05, 0.1) is 5.56 Å². The van der Waals surface area contributed by atoms with Crippen LogP contribution in [0, 0.1) is 5.92 Å². The average molecular weight is 344 g/mol. The van der Waals surface area contributed by atoms with Crippen LogP contribution in [-0.4, -0.2) is 26.9 Å². The fourth-order valence-electron chi connectivity index (χ4n) is 4.58. The highest BCUT2D eigenvalue weighted by Crippen LogP contribution is 2.58. The number of benzene rings is 1. The molecule has 2 atom stereocenters. The van der Waals surface area contributed by atoms with Gasteiger partial charge in [0.25, 0.3) is 0 Å². The fraction of sp³-hybridized carbons (Fsp3) is 0.500. The van der Waals surface area contributed by atoms with Crippen LogP contribution in [0.25, 0.3) is 0 Å². The van der Waals surface area contributed by atoms with E-state index in [2.05, 4.69) is 0 Å². The van der Waals surface area contributed by atoms with Crippen LogP contribution in [0.1, 0.15) is 74.9 Å². The highest BCUT2D eigenvalue weighted by molar-refractivity contribution is 6.06. The monoisotopic (exact) mass is 344 g/mol. The van der Waals surface area contributed by atoms with Crippen molar-refractivity contribution in [1.29, 1.82) is 0 Å². The first kappa shape index (κ1) is 17.5. The molecule has 2 aliphatic rings. The lowest BCUT2D eigenvalue weighted by Gasteiger charge is -2.46. The third-order valence-corrected chi connectivity index (χ3v) is 6.10. The van der Waals surface area contributed by atoms with E-state index < -0.39 is 16.9 Å². The molecular weight excluding hydrogens is 320 g/mol. The van der Waals surface area contributed by atoms with Gasteiger partial charge >= 0.3 is 0 Å². The molecule has 0 aliphatic heterocycles. The number of allylic oxidation sites excluding steroid dienone is 2. The van der Waals surface area contributed by atoms with Crippen LogP contribution in [0.3, 0.4) is 0 Å². The molecule has 0 amide bonds. The number of aromatic hydroxyl groups is 3. The number of hydrogen-bond acceptors (Lipinski definition) is 5. The number of rotatable bonds is 1. The Hall–Kier alpha value is -2.30. The summed E-state index contributed by atoms with van der Waals surface area (Å²) in [6.07, 6.45) is 0.309. The molecule has 3 N–H and O–H groups in total. The maximum atomic E-state index is 12.8. The molecule has 3 rings (SSSR count). The van der Waals surface area contributed by atoms with E-state index in [0.717, 1.165) is 5.57 Å². The largest absolute Gasteiger partial charge is 0.507 e. The first-order chi connectivity index (χ1) is 11.5. The predicted molar refractivity (Wildman–Crippen MR) is 93.3 cm³/mol. The maximum Gasteiger partial charge on any atom is 0.167 e. The van der Waals surface area contributed by atoms with Crippen molar-refractivity contribution in [2.24, 2.45) is 5.92 Å². The zero-order chi connectivity index (χ0) is 18.8. The number of Topliss-reactive ketones (excluding diaryl/α,β-unsaturated/α-hetero) is 2. The lowest BCUT2D eigenvalue weighted by Crippen LogP contribution is -2.45. The van der Waals surface area contributed by atoms with Crippen molar-refractivity contribution in [3.05, 3.63) is 27.8 Å². The summed E-state index contributed by atoms with van der Waals surface area (Å²) < 4.78 is 0. The molecule has 2 aliphatic carbocycles. The molecule has 0 radical (unpaired) electrons. The Kier molecular flexibility index (Phi) is 3.75. The van der Waals surface area contributed by atoms with Gasteiger partial charge in [0.1, 0.15) is 5.75 Å². The van der Waals surface area contributed by atoms with Crippen molar-refractivity contribution in [2.45, 2.75) is 58.8 Å². The second-order valence-electron chi connectivity index (χ2n) is 7.87. The Labute approximate surface area is 147 Å². The Bertz CT molecular complexity index is 846. The highest BCUT2D eigenvalue weighted by atomic mass is 16.3. The van der Waals surface area contributed by atoms with Crippen LogP contribution in [0.5, 0.6) is 17.2 Å².